The highest BCUT2D eigenvalue weighted by Gasteiger charge is 2.09. The molecule has 0 aliphatic rings. The minimum Gasteiger partial charge on any atom is -0.459 e. The van der Waals surface area contributed by atoms with Gasteiger partial charge in [0.15, 0.2) is 5.76 Å². The van der Waals surface area contributed by atoms with E-state index >= 15 is 0 Å². The van der Waals surface area contributed by atoms with Crippen molar-refractivity contribution in [2.75, 3.05) is 5.32 Å². The molecular formula is C19H23N3O3. The van der Waals surface area contributed by atoms with Crippen molar-refractivity contribution in [3.05, 3.63) is 66.6 Å². The lowest BCUT2D eigenvalue weighted by Crippen LogP contribution is -2.41. The third kappa shape index (κ3) is 5.84. The average molecular weight is 341 g/mol. The van der Waals surface area contributed by atoms with Gasteiger partial charge in [-0.05, 0) is 42.7 Å². The van der Waals surface area contributed by atoms with Crippen molar-refractivity contribution in [3.63, 3.8) is 0 Å². The fourth-order valence-corrected chi connectivity index (χ4v) is 2.25. The summed E-state index contributed by atoms with van der Waals surface area (Å²) in [4.78, 5) is 23.8. The van der Waals surface area contributed by atoms with Gasteiger partial charge < -0.3 is 20.4 Å². The number of furan rings is 1. The van der Waals surface area contributed by atoms with E-state index in [0.717, 1.165) is 18.4 Å². The molecule has 0 aliphatic carbocycles. The van der Waals surface area contributed by atoms with Gasteiger partial charge in [0, 0.05) is 18.3 Å². The van der Waals surface area contributed by atoms with E-state index in [9.17, 15) is 9.59 Å². The van der Waals surface area contributed by atoms with Gasteiger partial charge in [-0.3, -0.25) is 4.79 Å². The molecule has 2 aromatic rings. The maximum Gasteiger partial charge on any atom is 0.315 e. The van der Waals surface area contributed by atoms with Gasteiger partial charge >= 0.3 is 6.03 Å². The molecule has 0 radical (unpaired) electrons. The molecule has 2 rings (SSSR count). The van der Waals surface area contributed by atoms with E-state index in [0.29, 0.717) is 12.2 Å². The van der Waals surface area contributed by atoms with Gasteiger partial charge in [0.05, 0.1) is 6.26 Å². The highest BCUT2D eigenvalue weighted by Crippen LogP contribution is 2.11. The van der Waals surface area contributed by atoms with Gasteiger partial charge in [0.25, 0.3) is 5.91 Å². The Labute approximate surface area is 147 Å². The number of carbonyl (C=O) groups excluding carboxylic acids is 2. The first-order valence-electron chi connectivity index (χ1n) is 8.21. The van der Waals surface area contributed by atoms with E-state index in [1.165, 1.54) is 6.26 Å². The summed E-state index contributed by atoms with van der Waals surface area (Å²) < 4.78 is 5.04. The highest BCUT2D eigenvalue weighted by atomic mass is 16.3. The van der Waals surface area contributed by atoms with Gasteiger partial charge in [-0.2, -0.15) is 0 Å². The molecule has 0 bridgehead atoms. The first-order valence-corrected chi connectivity index (χ1v) is 8.21. The molecule has 132 valence electrons. The zero-order valence-electron chi connectivity index (χ0n) is 14.2. The maximum atomic E-state index is 11.9. The number of amides is 3. The molecule has 0 fully saturated rings. The lowest BCUT2D eigenvalue weighted by atomic mass is 10.1. The number of benzene rings is 1. The van der Waals surface area contributed by atoms with E-state index in [2.05, 4.69) is 22.5 Å². The van der Waals surface area contributed by atoms with Crippen LogP contribution in [-0.2, 0) is 6.54 Å². The number of urea groups is 1. The molecule has 3 N–H and O–H groups in total. The van der Waals surface area contributed by atoms with Crippen LogP contribution in [0.3, 0.4) is 0 Å². The lowest BCUT2D eigenvalue weighted by Gasteiger charge is -2.15. The summed E-state index contributed by atoms with van der Waals surface area (Å²) in [6, 6.07) is 10.4. The second-order valence-electron chi connectivity index (χ2n) is 5.58. The van der Waals surface area contributed by atoms with E-state index in [4.69, 9.17) is 4.42 Å². The fraction of sp³-hybridized carbons (Fsp3) is 0.263. The van der Waals surface area contributed by atoms with Crippen molar-refractivity contribution >= 4 is 17.6 Å². The van der Waals surface area contributed by atoms with Crippen LogP contribution < -0.4 is 16.0 Å². The normalized spacial score (nSPS) is 11.4. The largest absolute Gasteiger partial charge is 0.459 e. The molecule has 0 spiro atoms. The van der Waals surface area contributed by atoms with Crippen LogP contribution in [0.5, 0.6) is 0 Å². The molecule has 3 amide bonds. The van der Waals surface area contributed by atoms with Gasteiger partial charge in [-0.1, -0.05) is 25.1 Å². The lowest BCUT2D eigenvalue weighted by molar-refractivity contribution is 0.0996. The molecule has 0 saturated heterocycles. The van der Waals surface area contributed by atoms with Gasteiger partial charge in [0.2, 0.25) is 0 Å². The predicted octanol–water partition coefficient (Wildman–Crippen LogP) is 3.69. The Kier molecular flexibility index (Phi) is 6.83. The van der Waals surface area contributed by atoms with Crippen LogP contribution in [0.4, 0.5) is 10.5 Å². The summed E-state index contributed by atoms with van der Waals surface area (Å²) in [5.74, 6) is -0.0458. The Morgan fingerprint density at radius 3 is 2.60 bits per heavy atom. The Bertz CT molecular complexity index is 693. The molecule has 1 unspecified atom stereocenters. The number of carbonyl (C=O) groups is 2. The first-order chi connectivity index (χ1) is 12.1. The number of rotatable bonds is 8. The molecule has 25 heavy (non-hydrogen) atoms. The maximum absolute atomic E-state index is 11.9. The van der Waals surface area contributed by atoms with Crippen molar-refractivity contribution in [1.29, 1.82) is 0 Å². The van der Waals surface area contributed by atoms with Crippen LogP contribution >= 0.6 is 0 Å². The van der Waals surface area contributed by atoms with Crippen LogP contribution in [0.2, 0.25) is 0 Å². The summed E-state index contributed by atoms with van der Waals surface area (Å²) in [6.07, 6.45) is 4.84. The summed E-state index contributed by atoms with van der Waals surface area (Å²) >= 11 is 0. The van der Waals surface area contributed by atoms with E-state index in [-0.39, 0.29) is 23.7 Å². The van der Waals surface area contributed by atoms with Crippen molar-refractivity contribution in [2.45, 2.75) is 32.4 Å². The monoisotopic (exact) mass is 341 g/mol. The third-order valence-corrected chi connectivity index (χ3v) is 3.69. The van der Waals surface area contributed by atoms with E-state index in [1.807, 2.05) is 19.1 Å². The second kappa shape index (κ2) is 9.32. The molecule has 1 aromatic heterocycles. The van der Waals surface area contributed by atoms with E-state index in [1.54, 1.807) is 30.3 Å². The fourth-order valence-electron chi connectivity index (χ4n) is 2.25. The average Bonchev–Trinajstić information content (AvgIpc) is 3.15. The minimum absolute atomic E-state index is 0.0942. The Balaban J connectivity index is 1.81. The quantitative estimate of drug-likeness (QED) is 0.640. The number of anilines is 1. The number of hydrogen-bond donors (Lipinski definition) is 3. The topological polar surface area (TPSA) is 83.4 Å². The predicted molar refractivity (Wildman–Crippen MR) is 97.4 cm³/mol. The smallest absolute Gasteiger partial charge is 0.315 e. The van der Waals surface area contributed by atoms with Gasteiger partial charge in [0.1, 0.15) is 0 Å². The molecular weight excluding hydrogens is 318 g/mol. The number of nitrogens with one attached hydrogen (secondary N) is 3. The van der Waals surface area contributed by atoms with Crippen LogP contribution in [0.25, 0.3) is 0 Å². The van der Waals surface area contributed by atoms with Crippen molar-refractivity contribution in [1.82, 2.24) is 10.6 Å². The molecule has 1 aromatic carbocycles. The molecule has 1 heterocycles. The van der Waals surface area contributed by atoms with Gasteiger partial charge in [-0.25, -0.2) is 4.79 Å². The number of hydrogen-bond acceptors (Lipinski definition) is 3. The van der Waals surface area contributed by atoms with Crippen molar-refractivity contribution in [2.24, 2.45) is 0 Å². The van der Waals surface area contributed by atoms with Crippen LogP contribution in [0.1, 0.15) is 35.9 Å². The van der Waals surface area contributed by atoms with Crippen LogP contribution in [0.15, 0.2) is 59.7 Å². The Morgan fingerprint density at radius 1 is 1.24 bits per heavy atom. The summed E-state index contributed by atoms with van der Waals surface area (Å²) in [7, 11) is 0. The second-order valence-corrected chi connectivity index (χ2v) is 5.58. The summed E-state index contributed by atoms with van der Waals surface area (Å²) in [5, 5.41) is 8.46. The van der Waals surface area contributed by atoms with Crippen molar-refractivity contribution < 1.29 is 14.0 Å². The standard InChI is InChI=1S/C19H23N3O3/c1-3-6-15(4-2)22-19(24)20-13-14-8-10-16(11-9-14)21-18(23)17-7-5-12-25-17/h3,5,7-12,15H,1,4,6,13H2,2H3,(H,21,23)(H2,20,22,24). The SMILES string of the molecule is C=CCC(CC)NC(=O)NCc1ccc(NC(=O)c2ccco2)cc1. The Hall–Kier alpha value is -3.02. The molecule has 0 saturated carbocycles. The Morgan fingerprint density at radius 2 is 2.00 bits per heavy atom. The van der Waals surface area contributed by atoms with E-state index < -0.39 is 0 Å². The minimum atomic E-state index is -0.303. The summed E-state index contributed by atoms with van der Waals surface area (Å²) in [5.41, 5.74) is 1.59. The van der Waals surface area contributed by atoms with Crippen LogP contribution in [0, 0.1) is 0 Å². The third-order valence-electron chi connectivity index (χ3n) is 3.69. The van der Waals surface area contributed by atoms with Crippen LogP contribution in [-0.4, -0.2) is 18.0 Å². The zero-order valence-corrected chi connectivity index (χ0v) is 14.2. The first kappa shape index (κ1) is 18.3. The molecule has 6 nitrogen and oxygen atoms in total. The molecule has 1 atom stereocenters. The highest BCUT2D eigenvalue weighted by molar-refractivity contribution is 6.02. The molecule has 6 heteroatoms. The van der Waals surface area contributed by atoms with Gasteiger partial charge in [-0.15, -0.1) is 6.58 Å². The summed E-state index contributed by atoms with van der Waals surface area (Å²) in [6.45, 7) is 6.11. The van der Waals surface area contributed by atoms with Crippen molar-refractivity contribution in [3.8, 4) is 0 Å². The molecule has 0 aliphatic heterocycles. The zero-order chi connectivity index (χ0) is 18.1.